The van der Waals surface area contributed by atoms with Crippen LogP contribution in [0.3, 0.4) is 0 Å². The zero-order valence-electron chi connectivity index (χ0n) is 9.01. The number of nitrogens with zero attached hydrogens (tertiary/aromatic N) is 2. The summed E-state index contributed by atoms with van der Waals surface area (Å²) in [6.45, 7) is 5.56. The summed E-state index contributed by atoms with van der Waals surface area (Å²) in [5.41, 5.74) is 1.45. The quantitative estimate of drug-likeness (QED) is 0.770. The molecular formula is C13H12N2O. The van der Waals surface area contributed by atoms with Crippen molar-refractivity contribution < 1.29 is 5.11 Å². The molecule has 0 fully saturated rings. The second-order valence-electron chi connectivity index (χ2n) is 3.36. The van der Waals surface area contributed by atoms with Crippen LogP contribution in [0, 0.1) is 0 Å². The van der Waals surface area contributed by atoms with Crippen LogP contribution in [0.5, 0.6) is 5.75 Å². The maximum Gasteiger partial charge on any atom is 0.117 e. The van der Waals surface area contributed by atoms with Gasteiger partial charge in [-0.25, -0.2) is 9.97 Å². The van der Waals surface area contributed by atoms with Crippen molar-refractivity contribution in [2.75, 3.05) is 0 Å². The molecule has 1 heterocycles. The number of benzene rings is 1. The number of hydrogen-bond acceptors (Lipinski definition) is 3. The molecule has 3 heteroatoms. The summed E-state index contributed by atoms with van der Waals surface area (Å²) >= 11 is 0. The second kappa shape index (κ2) is 4.14. The van der Waals surface area contributed by atoms with Crippen molar-refractivity contribution in [3.05, 3.63) is 41.6 Å². The molecular weight excluding hydrogens is 200 g/mol. The summed E-state index contributed by atoms with van der Waals surface area (Å²) in [7, 11) is 0. The lowest BCUT2D eigenvalue weighted by Crippen LogP contribution is -2.30. The third-order valence-corrected chi connectivity index (χ3v) is 2.25. The highest BCUT2D eigenvalue weighted by atomic mass is 16.3. The van der Waals surface area contributed by atoms with Crippen molar-refractivity contribution in [3.8, 4) is 5.75 Å². The summed E-state index contributed by atoms with van der Waals surface area (Å²) in [4.78, 5) is 8.86. The summed E-state index contributed by atoms with van der Waals surface area (Å²) < 4.78 is 0. The molecule has 0 unspecified atom stereocenters. The molecule has 0 aliphatic heterocycles. The molecule has 1 aromatic carbocycles. The summed E-state index contributed by atoms with van der Waals surface area (Å²) in [6.07, 6.45) is 5.37. The van der Waals surface area contributed by atoms with Crippen molar-refractivity contribution in [3.63, 3.8) is 0 Å². The van der Waals surface area contributed by atoms with E-state index in [0.29, 0.717) is 5.52 Å². The first kappa shape index (κ1) is 10.4. The minimum absolute atomic E-state index is 0.194. The molecule has 3 nitrogen and oxygen atoms in total. The van der Waals surface area contributed by atoms with E-state index in [0.717, 1.165) is 16.2 Å². The van der Waals surface area contributed by atoms with Gasteiger partial charge in [-0.3, -0.25) is 0 Å². The van der Waals surface area contributed by atoms with Gasteiger partial charge in [0.15, 0.2) is 0 Å². The Bertz CT molecular complexity index is 659. The van der Waals surface area contributed by atoms with E-state index in [1.807, 2.05) is 13.0 Å². The Balaban J connectivity index is 2.92. The summed E-state index contributed by atoms with van der Waals surface area (Å²) in [5, 5.41) is 10.9. The molecule has 0 saturated carbocycles. The number of phenols is 1. The van der Waals surface area contributed by atoms with Crippen LogP contribution in [0.2, 0.25) is 0 Å². The van der Waals surface area contributed by atoms with E-state index in [9.17, 15) is 5.11 Å². The van der Waals surface area contributed by atoms with Crippen LogP contribution in [0.25, 0.3) is 23.2 Å². The van der Waals surface area contributed by atoms with Crippen LogP contribution in [0.4, 0.5) is 0 Å². The smallest absolute Gasteiger partial charge is 0.117 e. The summed E-state index contributed by atoms with van der Waals surface area (Å²) in [5.74, 6) is 0.194. The number of fused-ring (bicyclic) bond motifs is 1. The maximum atomic E-state index is 9.37. The number of aromatic nitrogens is 2. The highest BCUT2D eigenvalue weighted by molar-refractivity contribution is 5.75. The molecule has 0 radical (unpaired) electrons. The van der Waals surface area contributed by atoms with Crippen LogP contribution in [-0.2, 0) is 0 Å². The van der Waals surface area contributed by atoms with E-state index in [-0.39, 0.29) is 5.75 Å². The molecule has 0 aliphatic rings. The van der Waals surface area contributed by atoms with Crippen molar-refractivity contribution >= 4 is 23.2 Å². The zero-order chi connectivity index (χ0) is 11.5. The fraction of sp³-hybridized carbons (Fsp3) is 0.0769. The van der Waals surface area contributed by atoms with Gasteiger partial charge in [0.2, 0.25) is 0 Å². The fourth-order valence-corrected chi connectivity index (χ4v) is 1.52. The number of aromatic hydroxyl groups is 1. The molecule has 1 aromatic heterocycles. The van der Waals surface area contributed by atoms with E-state index in [1.165, 1.54) is 0 Å². The molecule has 2 rings (SSSR count). The topological polar surface area (TPSA) is 46.0 Å². The maximum absolute atomic E-state index is 9.37. The fourth-order valence-electron chi connectivity index (χ4n) is 1.52. The van der Waals surface area contributed by atoms with Crippen LogP contribution in [0.1, 0.15) is 6.92 Å². The number of hydrogen-bond donors (Lipinski definition) is 1. The average Bonchev–Trinajstić information content (AvgIpc) is 2.28. The Hall–Kier alpha value is -2.16. The lowest BCUT2D eigenvalue weighted by Gasteiger charge is -1.98. The first-order valence-electron chi connectivity index (χ1n) is 5.00. The lowest BCUT2D eigenvalue weighted by atomic mass is 10.2. The third-order valence-electron chi connectivity index (χ3n) is 2.25. The molecule has 0 aliphatic carbocycles. The number of phenolic OH excluding ortho intramolecular Hbond substituents is 1. The average molecular weight is 212 g/mol. The normalized spacial score (nSPS) is 13.3. The van der Waals surface area contributed by atoms with Gasteiger partial charge >= 0.3 is 0 Å². The van der Waals surface area contributed by atoms with Gasteiger partial charge in [-0.2, -0.15) is 0 Å². The Morgan fingerprint density at radius 2 is 1.94 bits per heavy atom. The minimum Gasteiger partial charge on any atom is -0.508 e. The molecule has 0 atom stereocenters. The largest absolute Gasteiger partial charge is 0.508 e. The van der Waals surface area contributed by atoms with Gasteiger partial charge in [0.05, 0.1) is 21.7 Å². The zero-order valence-corrected chi connectivity index (χ0v) is 9.01. The summed E-state index contributed by atoms with van der Waals surface area (Å²) in [6, 6.07) is 4.96. The first-order valence-corrected chi connectivity index (χ1v) is 5.00. The first-order chi connectivity index (χ1) is 7.74. The third kappa shape index (κ3) is 1.80. The Kier molecular flexibility index (Phi) is 2.68. The van der Waals surface area contributed by atoms with Gasteiger partial charge in [0.1, 0.15) is 5.75 Å². The predicted octanol–water partition coefficient (Wildman–Crippen LogP) is 1.10. The molecule has 80 valence electrons. The van der Waals surface area contributed by atoms with Crippen LogP contribution >= 0.6 is 0 Å². The Morgan fingerprint density at radius 3 is 2.62 bits per heavy atom. The molecule has 16 heavy (non-hydrogen) atoms. The molecule has 0 saturated heterocycles. The highest BCUT2D eigenvalue weighted by Crippen LogP contribution is 2.13. The van der Waals surface area contributed by atoms with Gasteiger partial charge < -0.3 is 5.11 Å². The van der Waals surface area contributed by atoms with Gasteiger partial charge in [-0.15, -0.1) is 0 Å². The van der Waals surface area contributed by atoms with E-state index < -0.39 is 0 Å². The van der Waals surface area contributed by atoms with Crippen molar-refractivity contribution in [2.45, 2.75) is 6.92 Å². The van der Waals surface area contributed by atoms with Gasteiger partial charge in [-0.05, 0) is 25.1 Å². The molecule has 1 N–H and O–H groups in total. The molecule has 2 aromatic rings. The van der Waals surface area contributed by atoms with Crippen molar-refractivity contribution in [1.82, 2.24) is 9.97 Å². The highest BCUT2D eigenvalue weighted by Gasteiger charge is 1.98. The Labute approximate surface area is 93.1 Å². The van der Waals surface area contributed by atoms with Gasteiger partial charge in [-0.1, -0.05) is 18.7 Å². The number of allylic oxidation sites excluding steroid dienone is 1. The predicted molar refractivity (Wildman–Crippen MR) is 65.3 cm³/mol. The van der Waals surface area contributed by atoms with Crippen molar-refractivity contribution in [1.29, 1.82) is 0 Å². The second-order valence-corrected chi connectivity index (χ2v) is 3.36. The van der Waals surface area contributed by atoms with Crippen molar-refractivity contribution in [2.24, 2.45) is 0 Å². The Morgan fingerprint density at radius 1 is 1.19 bits per heavy atom. The van der Waals surface area contributed by atoms with Crippen LogP contribution < -0.4 is 10.7 Å². The van der Waals surface area contributed by atoms with E-state index in [2.05, 4.69) is 16.5 Å². The monoisotopic (exact) mass is 212 g/mol. The van der Waals surface area contributed by atoms with Crippen LogP contribution in [0.15, 0.2) is 30.9 Å². The standard InChI is InChI=1S/C13H12N2O/c1-3-5-11-10(4-2)14-12-7-6-9(16)8-13(12)15-11/h3-8,16H,1H2,2H3/b10-4+,11-5+. The molecule has 0 spiro atoms. The SMILES string of the molecule is C=C/C=c1/nc2cc(O)ccc2n/c1=C/C. The number of rotatable bonds is 1. The van der Waals surface area contributed by atoms with Crippen LogP contribution in [-0.4, -0.2) is 15.1 Å². The molecule has 0 bridgehead atoms. The van der Waals surface area contributed by atoms with E-state index in [1.54, 1.807) is 30.4 Å². The van der Waals surface area contributed by atoms with Gasteiger partial charge in [0, 0.05) is 6.07 Å². The minimum atomic E-state index is 0.194. The van der Waals surface area contributed by atoms with E-state index in [4.69, 9.17) is 0 Å². The van der Waals surface area contributed by atoms with Gasteiger partial charge in [0.25, 0.3) is 0 Å². The molecule has 0 amide bonds. The lowest BCUT2D eigenvalue weighted by molar-refractivity contribution is 0.476. The van der Waals surface area contributed by atoms with E-state index >= 15 is 0 Å².